The van der Waals surface area contributed by atoms with Gasteiger partial charge in [0.05, 0.1) is 21.4 Å². The summed E-state index contributed by atoms with van der Waals surface area (Å²) in [6.07, 6.45) is 3.58. The first-order valence-corrected chi connectivity index (χ1v) is 8.30. The van der Waals surface area contributed by atoms with Gasteiger partial charge in [0, 0.05) is 5.69 Å². The van der Waals surface area contributed by atoms with Crippen LogP contribution >= 0.6 is 0 Å². The van der Waals surface area contributed by atoms with Gasteiger partial charge in [-0.2, -0.15) is 0 Å². The fourth-order valence-corrected chi connectivity index (χ4v) is 4.00. The van der Waals surface area contributed by atoms with E-state index in [1.165, 1.54) is 24.0 Å². The van der Waals surface area contributed by atoms with Crippen molar-refractivity contribution in [3.63, 3.8) is 0 Å². The van der Waals surface area contributed by atoms with Crippen LogP contribution in [-0.2, 0) is 29.4 Å². The van der Waals surface area contributed by atoms with Gasteiger partial charge in [-0.1, -0.05) is 24.3 Å². The molecule has 3 rings (SSSR count). The fraction of sp³-hybridized carbons (Fsp3) is 0.294. The maximum Gasteiger partial charge on any atom is 0.0621 e. The highest BCUT2D eigenvalue weighted by atomic mass is 32.2. The van der Waals surface area contributed by atoms with Crippen LogP contribution in [-0.4, -0.2) is 4.21 Å². The Hall–Kier alpha value is -1.61. The molecule has 0 spiro atoms. The zero-order valence-corrected chi connectivity index (χ0v) is 12.5. The smallest absolute Gasteiger partial charge is 0.0621 e. The average molecular weight is 285 g/mol. The van der Waals surface area contributed by atoms with Gasteiger partial charge in [-0.05, 0) is 60.6 Å². The highest BCUT2D eigenvalue weighted by molar-refractivity contribution is 7.84. The molecule has 3 heteroatoms. The maximum absolute atomic E-state index is 12.5. The Morgan fingerprint density at radius 1 is 1.10 bits per heavy atom. The molecule has 1 aliphatic carbocycles. The van der Waals surface area contributed by atoms with Gasteiger partial charge in [0.25, 0.3) is 0 Å². The summed E-state index contributed by atoms with van der Waals surface area (Å²) in [6, 6.07) is 12.2. The van der Waals surface area contributed by atoms with Crippen LogP contribution < -0.4 is 5.73 Å². The molecule has 0 radical (unpaired) electrons. The van der Waals surface area contributed by atoms with Crippen molar-refractivity contribution in [1.29, 1.82) is 0 Å². The monoisotopic (exact) mass is 285 g/mol. The van der Waals surface area contributed by atoms with E-state index in [1.807, 2.05) is 25.1 Å². The third kappa shape index (κ3) is 2.63. The normalized spacial score (nSPS) is 15.1. The van der Waals surface area contributed by atoms with Crippen molar-refractivity contribution in [2.75, 3.05) is 5.73 Å². The molecular weight excluding hydrogens is 266 g/mol. The first kappa shape index (κ1) is 13.4. The molecule has 0 aliphatic heterocycles. The lowest BCUT2D eigenvalue weighted by molar-refractivity contribution is 0.683. The molecule has 2 aromatic rings. The molecule has 0 saturated carbocycles. The van der Waals surface area contributed by atoms with Crippen LogP contribution in [0.15, 0.2) is 41.3 Å². The first-order valence-electron chi connectivity index (χ1n) is 6.98. The van der Waals surface area contributed by atoms with Crippen molar-refractivity contribution in [2.24, 2.45) is 0 Å². The number of fused-ring (bicyclic) bond motifs is 1. The molecule has 0 aromatic heterocycles. The quantitative estimate of drug-likeness (QED) is 0.879. The van der Waals surface area contributed by atoms with E-state index in [0.717, 1.165) is 22.4 Å². The highest BCUT2D eigenvalue weighted by Crippen LogP contribution is 2.25. The molecular formula is C17H19NOS. The van der Waals surface area contributed by atoms with Crippen molar-refractivity contribution in [2.45, 2.75) is 36.8 Å². The molecule has 20 heavy (non-hydrogen) atoms. The Bertz CT molecular complexity index is 679. The van der Waals surface area contributed by atoms with E-state index < -0.39 is 10.8 Å². The van der Waals surface area contributed by atoms with Gasteiger partial charge in [-0.15, -0.1) is 0 Å². The van der Waals surface area contributed by atoms with Crippen LogP contribution in [0.25, 0.3) is 0 Å². The van der Waals surface area contributed by atoms with Crippen molar-refractivity contribution in [1.82, 2.24) is 0 Å². The van der Waals surface area contributed by atoms with Crippen molar-refractivity contribution in [3.8, 4) is 0 Å². The zero-order valence-electron chi connectivity index (χ0n) is 11.7. The van der Waals surface area contributed by atoms with Gasteiger partial charge in [0.15, 0.2) is 0 Å². The molecule has 1 atom stereocenters. The van der Waals surface area contributed by atoms with E-state index in [0.29, 0.717) is 11.4 Å². The number of benzene rings is 2. The maximum atomic E-state index is 12.5. The lowest BCUT2D eigenvalue weighted by atomic mass is 10.1. The van der Waals surface area contributed by atoms with Crippen molar-refractivity contribution < 1.29 is 4.21 Å². The van der Waals surface area contributed by atoms with E-state index in [-0.39, 0.29) is 0 Å². The summed E-state index contributed by atoms with van der Waals surface area (Å²) in [4.78, 5) is 0.746. The van der Waals surface area contributed by atoms with Crippen molar-refractivity contribution >= 4 is 16.5 Å². The Morgan fingerprint density at radius 2 is 1.90 bits per heavy atom. The summed E-state index contributed by atoms with van der Waals surface area (Å²) >= 11 is 0. The van der Waals surface area contributed by atoms with E-state index in [9.17, 15) is 4.21 Å². The van der Waals surface area contributed by atoms with Gasteiger partial charge in [-0.3, -0.25) is 4.21 Å². The number of aryl methyl sites for hydroxylation is 3. The van der Waals surface area contributed by atoms with Crippen LogP contribution in [0.2, 0.25) is 0 Å². The summed E-state index contributed by atoms with van der Waals surface area (Å²) in [5.41, 5.74) is 11.7. The lowest BCUT2D eigenvalue weighted by Crippen LogP contribution is -2.01. The van der Waals surface area contributed by atoms with E-state index in [1.54, 1.807) is 0 Å². The minimum absolute atomic E-state index is 0.542. The number of hydrogen-bond acceptors (Lipinski definition) is 2. The number of rotatable bonds is 3. The predicted molar refractivity (Wildman–Crippen MR) is 84.2 cm³/mol. The molecule has 2 N–H and O–H groups in total. The number of hydrogen-bond donors (Lipinski definition) is 1. The van der Waals surface area contributed by atoms with Crippen LogP contribution in [0.3, 0.4) is 0 Å². The second-order valence-corrected chi connectivity index (χ2v) is 6.91. The van der Waals surface area contributed by atoms with Gasteiger partial charge in [0.2, 0.25) is 0 Å². The zero-order chi connectivity index (χ0) is 14.1. The molecule has 1 unspecified atom stereocenters. The van der Waals surface area contributed by atoms with Gasteiger partial charge in [-0.25, -0.2) is 0 Å². The van der Waals surface area contributed by atoms with E-state index in [2.05, 4.69) is 18.2 Å². The van der Waals surface area contributed by atoms with Crippen LogP contribution in [0.4, 0.5) is 5.69 Å². The summed E-state index contributed by atoms with van der Waals surface area (Å²) < 4.78 is 12.5. The summed E-state index contributed by atoms with van der Waals surface area (Å²) in [5, 5.41) is 0. The van der Waals surface area contributed by atoms with Crippen LogP contribution in [0.1, 0.15) is 28.7 Å². The lowest BCUT2D eigenvalue weighted by Gasteiger charge is -2.08. The van der Waals surface area contributed by atoms with Crippen molar-refractivity contribution in [3.05, 3.63) is 58.7 Å². The second kappa shape index (κ2) is 5.41. The standard InChI is InChI=1S/C17H19NOS/c1-12-5-8-17(16(18)9-12)20(19)11-13-6-7-14-3-2-4-15(14)10-13/h5-10H,2-4,11,18H2,1H3. The summed E-state index contributed by atoms with van der Waals surface area (Å²) in [6.45, 7) is 1.99. The Balaban J connectivity index is 1.82. The fourth-order valence-electron chi connectivity index (χ4n) is 2.82. The van der Waals surface area contributed by atoms with Gasteiger partial charge in [0.1, 0.15) is 0 Å². The minimum Gasteiger partial charge on any atom is -0.398 e. The molecule has 1 aliphatic rings. The summed E-state index contributed by atoms with van der Waals surface area (Å²) in [7, 11) is -1.08. The predicted octanol–water partition coefficient (Wildman–Crippen LogP) is 3.37. The SMILES string of the molecule is Cc1ccc(S(=O)Cc2ccc3c(c2)CCC3)c(N)c1. The Morgan fingerprint density at radius 3 is 2.70 bits per heavy atom. The van der Waals surface area contributed by atoms with E-state index in [4.69, 9.17) is 5.73 Å². The van der Waals surface area contributed by atoms with Crippen LogP contribution in [0.5, 0.6) is 0 Å². The molecule has 2 aromatic carbocycles. The molecule has 0 heterocycles. The molecule has 0 amide bonds. The molecule has 104 valence electrons. The third-order valence-corrected chi connectivity index (χ3v) is 5.33. The number of anilines is 1. The van der Waals surface area contributed by atoms with Gasteiger partial charge >= 0.3 is 0 Å². The molecule has 0 bridgehead atoms. The summed E-state index contributed by atoms with van der Waals surface area (Å²) in [5.74, 6) is 0.542. The number of nitrogens with two attached hydrogens (primary N) is 1. The molecule has 2 nitrogen and oxygen atoms in total. The number of nitrogen functional groups attached to an aromatic ring is 1. The third-order valence-electron chi connectivity index (χ3n) is 3.87. The Kier molecular flexibility index (Phi) is 3.62. The van der Waals surface area contributed by atoms with Crippen LogP contribution in [0, 0.1) is 6.92 Å². The van der Waals surface area contributed by atoms with E-state index >= 15 is 0 Å². The first-order chi connectivity index (χ1) is 9.63. The van der Waals surface area contributed by atoms with Gasteiger partial charge < -0.3 is 5.73 Å². The topological polar surface area (TPSA) is 43.1 Å². The average Bonchev–Trinajstić information content (AvgIpc) is 2.85. The second-order valence-electron chi connectivity index (χ2n) is 5.49. The minimum atomic E-state index is -1.08. The molecule has 0 saturated heterocycles. The largest absolute Gasteiger partial charge is 0.398 e. The highest BCUT2D eigenvalue weighted by Gasteiger charge is 2.13. The Labute approximate surface area is 122 Å². The molecule has 0 fully saturated rings.